The second kappa shape index (κ2) is 11.9. The van der Waals surface area contributed by atoms with Gasteiger partial charge in [0.05, 0.1) is 6.42 Å². The Kier molecular flexibility index (Phi) is 9.72. The summed E-state index contributed by atoms with van der Waals surface area (Å²) in [7, 11) is 0. The first-order chi connectivity index (χ1) is 16.7. The van der Waals surface area contributed by atoms with Gasteiger partial charge in [0.25, 0.3) is 0 Å². The van der Waals surface area contributed by atoms with E-state index in [4.69, 9.17) is 0 Å². The third-order valence-electron chi connectivity index (χ3n) is 6.73. The predicted octanol–water partition coefficient (Wildman–Crippen LogP) is 1.43. The van der Waals surface area contributed by atoms with E-state index < -0.39 is 65.7 Å². The molecule has 4 amide bonds. The highest BCUT2D eigenvalue weighted by molar-refractivity contribution is 5.97. The van der Waals surface area contributed by atoms with Gasteiger partial charge in [-0.3, -0.25) is 24.0 Å². The normalized spacial score (nSPS) is 19.0. The number of amides is 4. The van der Waals surface area contributed by atoms with Crippen LogP contribution in [0.3, 0.4) is 0 Å². The molecule has 2 fully saturated rings. The highest BCUT2D eigenvalue weighted by atomic mass is 19.4. The summed E-state index contributed by atoms with van der Waals surface area (Å²) in [6.07, 6.45) is -3.48. The standard InChI is InChI=1S/C23H35F3N4O6/c1-4-30(21(36)22(9-5-6-10-22)28-20(35)23(24,25)26)17(14(2)3)18(33)27-15(13-16(31)32)19(34)29-11-7-8-12-29/h14-15,17H,4-13H2,1-3H3,(H,27,33)(H,28,35)(H,31,32)/t15-,17-/m0/s1. The van der Waals surface area contributed by atoms with Gasteiger partial charge in [0, 0.05) is 19.6 Å². The number of nitrogens with zero attached hydrogens (tertiary/aromatic N) is 2. The van der Waals surface area contributed by atoms with E-state index in [1.54, 1.807) is 20.8 Å². The lowest BCUT2D eigenvalue weighted by atomic mass is 9.92. The molecule has 0 aromatic rings. The van der Waals surface area contributed by atoms with Gasteiger partial charge < -0.3 is 25.5 Å². The van der Waals surface area contributed by atoms with E-state index in [9.17, 15) is 42.3 Å². The van der Waals surface area contributed by atoms with Gasteiger partial charge in [0.15, 0.2) is 0 Å². The summed E-state index contributed by atoms with van der Waals surface area (Å²) < 4.78 is 39.0. The van der Waals surface area contributed by atoms with E-state index in [1.807, 2.05) is 5.32 Å². The molecule has 0 aromatic heterocycles. The van der Waals surface area contributed by atoms with Crippen molar-refractivity contribution in [3.63, 3.8) is 0 Å². The van der Waals surface area contributed by atoms with Crippen LogP contribution in [0.5, 0.6) is 0 Å². The molecule has 2 atom stereocenters. The maximum atomic E-state index is 13.6. The van der Waals surface area contributed by atoms with Crippen molar-refractivity contribution in [1.82, 2.24) is 20.4 Å². The fourth-order valence-electron chi connectivity index (χ4n) is 4.99. The largest absolute Gasteiger partial charge is 0.481 e. The Bertz CT molecular complexity index is 851. The lowest BCUT2D eigenvalue weighted by Crippen LogP contribution is -2.65. The molecule has 1 aliphatic heterocycles. The summed E-state index contributed by atoms with van der Waals surface area (Å²) in [6, 6.07) is -2.56. The Morgan fingerprint density at radius 3 is 2.03 bits per heavy atom. The summed E-state index contributed by atoms with van der Waals surface area (Å²) in [4.78, 5) is 65.6. The van der Waals surface area contributed by atoms with Crippen molar-refractivity contribution in [1.29, 1.82) is 0 Å². The van der Waals surface area contributed by atoms with Crippen molar-refractivity contribution in [3.8, 4) is 0 Å². The maximum Gasteiger partial charge on any atom is 0.471 e. The number of alkyl halides is 3. The molecule has 0 radical (unpaired) electrons. The molecule has 10 nitrogen and oxygen atoms in total. The molecular weight excluding hydrogens is 485 g/mol. The number of carbonyl (C=O) groups is 5. The molecule has 1 saturated carbocycles. The lowest BCUT2D eigenvalue weighted by Gasteiger charge is -2.40. The Balaban J connectivity index is 2.31. The molecule has 0 unspecified atom stereocenters. The van der Waals surface area contributed by atoms with Crippen LogP contribution in [-0.2, 0) is 24.0 Å². The Morgan fingerprint density at radius 1 is 1.03 bits per heavy atom. The minimum absolute atomic E-state index is 0.00826. The molecule has 1 saturated heterocycles. The van der Waals surface area contributed by atoms with Crippen LogP contribution in [0.2, 0.25) is 0 Å². The quantitative estimate of drug-likeness (QED) is 0.399. The predicted molar refractivity (Wildman–Crippen MR) is 121 cm³/mol. The third kappa shape index (κ3) is 6.88. The zero-order valence-corrected chi connectivity index (χ0v) is 20.8. The molecule has 0 bridgehead atoms. The number of carboxylic acids is 1. The number of hydrogen-bond donors (Lipinski definition) is 3. The van der Waals surface area contributed by atoms with Crippen molar-refractivity contribution in [2.45, 2.75) is 89.5 Å². The molecule has 3 N–H and O–H groups in total. The van der Waals surface area contributed by atoms with Crippen LogP contribution >= 0.6 is 0 Å². The Morgan fingerprint density at radius 2 is 1.58 bits per heavy atom. The van der Waals surface area contributed by atoms with Crippen molar-refractivity contribution < 1.29 is 42.3 Å². The molecule has 2 aliphatic rings. The maximum absolute atomic E-state index is 13.6. The monoisotopic (exact) mass is 520 g/mol. The summed E-state index contributed by atoms with van der Waals surface area (Å²) in [5.74, 6) is -6.18. The SMILES string of the molecule is CCN(C(=O)C1(NC(=O)C(F)(F)F)CCCC1)[C@H](C(=O)N[C@@H](CC(=O)O)C(=O)N1CCCC1)C(C)C. The number of hydrogen-bond acceptors (Lipinski definition) is 5. The van der Waals surface area contributed by atoms with E-state index in [0.29, 0.717) is 25.9 Å². The number of halogens is 3. The van der Waals surface area contributed by atoms with Crippen LogP contribution in [-0.4, -0.2) is 87.9 Å². The van der Waals surface area contributed by atoms with Gasteiger partial charge in [0.2, 0.25) is 17.7 Å². The van der Waals surface area contributed by atoms with Crippen LogP contribution < -0.4 is 10.6 Å². The number of carbonyl (C=O) groups excluding carboxylic acids is 4. The first-order valence-corrected chi connectivity index (χ1v) is 12.2. The first kappa shape index (κ1) is 29.4. The number of nitrogens with one attached hydrogen (secondary N) is 2. The minimum Gasteiger partial charge on any atom is -0.481 e. The molecular formula is C23H35F3N4O6. The fourth-order valence-corrected chi connectivity index (χ4v) is 4.99. The number of likely N-dealkylation sites (tertiary alicyclic amines) is 1. The van der Waals surface area contributed by atoms with E-state index in [1.165, 1.54) is 4.90 Å². The van der Waals surface area contributed by atoms with Crippen LogP contribution in [0.25, 0.3) is 0 Å². The van der Waals surface area contributed by atoms with Gasteiger partial charge in [-0.15, -0.1) is 0 Å². The molecule has 2 rings (SSSR count). The van der Waals surface area contributed by atoms with Crippen molar-refractivity contribution in [2.24, 2.45) is 5.92 Å². The van der Waals surface area contributed by atoms with Gasteiger partial charge in [-0.05, 0) is 38.5 Å². The van der Waals surface area contributed by atoms with E-state index in [0.717, 1.165) is 17.7 Å². The summed E-state index contributed by atoms with van der Waals surface area (Å²) in [5, 5.41) is 13.6. The van der Waals surface area contributed by atoms with Crippen LogP contribution in [0.1, 0.15) is 65.7 Å². The zero-order valence-electron chi connectivity index (χ0n) is 20.8. The summed E-state index contributed by atoms with van der Waals surface area (Å²) >= 11 is 0. The zero-order chi connectivity index (χ0) is 27.3. The Labute approximate surface area is 207 Å². The molecule has 0 aromatic carbocycles. The average molecular weight is 521 g/mol. The smallest absolute Gasteiger partial charge is 0.471 e. The topological polar surface area (TPSA) is 136 Å². The van der Waals surface area contributed by atoms with Gasteiger partial charge in [-0.1, -0.05) is 26.7 Å². The minimum atomic E-state index is -5.18. The fraction of sp³-hybridized carbons (Fsp3) is 0.783. The van der Waals surface area contributed by atoms with Crippen LogP contribution in [0, 0.1) is 5.92 Å². The van der Waals surface area contributed by atoms with Gasteiger partial charge >= 0.3 is 18.1 Å². The van der Waals surface area contributed by atoms with Gasteiger partial charge in [-0.25, -0.2) is 0 Å². The number of aliphatic carboxylic acids is 1. The average Bonchev–Trinajstić information content (AvgIpc) is 3.47. The molecule has 36 heavy (non-hydrogen) atoms. The molecule has 13 heteroatoms. The first-order valence-electron chi connectivity index (χ1n) is 12.2. The number of carboxylic acid groups (broad SMARTS) is 1. The number of rotatable bonds is 10. The summed E-state index contributed by atoms with van der Waals surface area (Å²) in [6.45, 7) is 5.65. The third-order valence-corrected chi connectivity index (χ3v) is 6.73. The van der Waals surface area contributed by atoms with Gasteiger partial charge in [-0.2, -0.15) is 13.2 Å². The lowest BCUT2D eigenvalue weighted by molar-refractivity contribution is -0.177. The van der Waals surface area contributed by atoms with Crippen molar-refractivity contribution >= 4 is 29.6 Å². The molecule has 204 valence electrons. The Hall–Kier alpha value is -2.86. The summed E-state index contributed by atoms with van der Waals surface area (Å²) in [5.41, 5.74) is -1.80. The highest BCUT2D eigenvalue weighted by Gasteiger charge is 2.51. The molecule has 1 aliphatic carbocycles. The van der Waals surface area contributed by atoms with E-state index >= 15 is 0 Å². The van der Waals surface area contributed by atoms with Gasteiger partial charge in [0.1, 0.15) is 17.6 Å². The second-order valence-corrected chi connectivity index (χ2v) is 9.71. The second-order valence-electron chi connectivity index (χ2n) is 9.71. The van der Waals surface area contributed by atoms with Crippen molar-refractivity contribution in [2.75, 3.05) is 19.6 Å². The number of likely N-dealkylation sites (N-methyl/N-ethyl adjacent to an activating group) is 1. The van der Waals surface area contributed by atoms with E-state index in [-0.39, 0.29) is 19.4 Å². The van der Waals surface area contributed by atoms with Crippen LogP contribution in [0.15, 0.2) is 0 Å². The van der Waals surface area contributed by atoms with Crippen LogP contribution in [0.4, 0.5) is 13.2 Å². The molecule has 0 spiro atoms. The molecule has 1 heterocycles. The van der Waals surface area contributed by atoms with E-state index in [2.05, 4.69) is 5.32 Å². The van der Waals surface area contributed by atoms with Crippen molar-refractivity contribution in [3.05, 3.63) is 0 Å². The highest BCUT2D eigenvalue weighted by Crippen LogP contribution is 2.34.